The number of nitrogens with zero attached hydrogens (tertiary/aromatic N) is 2. The molecule has 1 aromatic rings. The molecular weight excluding hydrogens is 222 g/mol. The fourth-order valence-electron chi connectivity index (χ4n) is 2.74. The lowest BCUT2D eigenvalue weighted by molar-refractivity contribution is 0.104. The summed E-state index contributed by atoms with van der Waals surface area (Å²) in [5, 5.41) is 3.59. The van der Waals surface area contributed by atoms with E-state index in [1.165, 1.54) is 5.56 Å². The predicted octanol–water partition coefficient (Wildman–Crippen LogP) is 1.94. The zero-order valence-electron chi connectivity index (χ0n) is 11.8. The van der Waals surface area contributed by atoms with E-state index in [4.69, 9.17) is 0 Å². The van der Waals surface area contributed by atoms with Gasteiger partial charge >= 0.3 is 0 Å². The van der Waals surface area contributed by atoms with Gasteiger partial charge in [-0.2, -0.15) is 0 Å². The van der Waals surface area contributed by atoms with E-state index < -0.39 is 0 Å². The summed E-state index contributed by atoms with van der Waals surface area (Å²) in [7, 11) is 0. The molecular formula is C15H25N3. The molecule has 2 heterocycles. The molecule has 1 saturated heterocycles. The first-order valence-corrected chi connectivity index (χ1v) is 7.03. The summed E-state index contributed by atoms with van der Waals surface area (Å²) in [5.74, 6) is 0.711. The van der Waals surface area contributed by atoms with Gasteiger partial charge in [0.25, 0.3) is 0 Å². The van der Waals surface area contributed by atoms with Gasteiger partial charge in [0.2, 0.25) is 0 Å². The Morgan fingerprint density at radius 1 is 1.39 bits per heavy atom. The fourth-order valence-corrected chi connectivity index (χ4v) is 2.74. The van der Waals surface area contributed by atoms with Crippen LogP contribution in [0.4, 0.5) is 0 Å². The molecule has 0 radical (unpaired) electrons. The second-order valence-electron chi connectivity index (χ2n) is 5.72. The van der Waals surface area contributed by atoms with Crippen LogP contribution in [0.1, 0.15) is 26.3 Å². The Hall–Kier alpha value is -0.930. The largest absolute Gasteiger partial charge is 0.311 e. The molecule has 0 bridgehead atoms. The quantitative estimate of drug-likeness (QED) is 0.881. The first kappa shape index (κ1) is 13.5. The van der Waals surface area contributed by atoms with Crippen LogP contribution >= 0.6 is 0 Å². The lowest BCUT2D eigenvalue weighted by Gasteiger charge is -2.41. The Labute approximate surface area is 111 Å². The SMILES string of the molecule is CC1CN(CCc2ccncc2)C(C(C)C)CN1. The first-order chi connectivity index (χ1) is 8.66. The van der Waals surface area contributed by atoms with Crippen molar-refractivity contribution in [2.45, 2.75) is 39.3 Å². The van der Waals surface area contributed by atoms with Gasteiger partial charge in [-0.15, -0.1) is 0 Å². The average Bonchev–Trinajstić information content (AvgIpc) is 2.37. The van der Waals surface area contributed by atoms with Crippen LogP contribution in [0.15, 0.2) is 24.5 Å². The summed E-state index contributed by atoms with van der Waals surface area (Å²) >= 11 is 0. The lowest BCUT2D eigenvalue weighted by atomic mass is 9.98. The second kappa shape index (κ2) is 6.30. The molecule has 1 N–H and O–H groups in total. The Morgan fingerprint density at radius 2 is 2.11 bits per heavy atom. The van der Waals surface area contributed by atoms with Crippen LogP contribution < -0.4 is 5.32 Å². The van der Waals surface area contributed by atoms with Crippen LogP contribution in [0.2, 0.25) is 0 Å². The van der Waals surface area contributed by atoms with Crippen molar-refractivity contribution in [3.05, 3.63) is 30.1 Å². The van der Waals surface area contributed by atoms with Gasteiger partial charge < -0.3 is 5.32 Å². The molecule has 100 valence electrons. The van der Waals surface area contributed by atoms with Crippen LogP contribution in [0, 0.1) is 5.92 Å². The number of rotatable bonds is 4. The minimum absolute atomic E-state index is 0.609. The van der Waals surface area contributed by atoms with Crippen molar-refractivity contribution in [2.24, 2.45) is 5.92 Å². The zero-order chi connectivity index (χ0) is 13.0. The Morgan fingerprint density at radius 3 is 2.78 bits per heavy atom. The van der Waals surface area contributed by atoms with Crippen LogP contribution in [-0.2, 0) is 6.42 Å². The number of aromatic nitrogens is 1. The normalized spacial score (nSPS) is 25.6. The highest BCUT2D eigenvalue weighted by molar-refractivity contribution is 5.10. The van der Waals surface area contributed by atoms with E-state index in [1.807, 2.05) is 12.4 Å². The Balaban J connectivity index is 1.92. The molecule has 2 atom stereocenters. The van der Waals surface area contributed by atoms with Crippen molar-refractivity contribution in [2.75, 3.05) is 19.6 Å². The molecule has 2 unspecified atom stereocenters. The van der Waals surface area contributed by atoms with Gasteiger partial charge in [-0.05, 0) is 37.0 Å². The maximum Gasteiger partial charge on any atom is 0.0270 e. The molecule has 0 saturated carbocycles. The maximum absolute atomic E-state index is 4.07. The summed E-state index contributed by atoms with van der Waals surface area (Å²) in [6.07, 6.45) is 4.89. The standard InChI is InChI=1S/C15H25N3/c1-12(2)15-10-17-13(3)11-18(15)9-6-14-4-7-16-8-5-14/h4-5,7-8,12-13,15,17H,6,9-11H2,1-3H3. The molecule has 0 aliphatic carbocycles. The van der Waals surface area contributed by atoms with Crippen LogP contribution in [-0.4, -0.2) is 41.6 Å². The molecule has 3 nitrogen and oxygen atoms in total. The van der Waals surface area contributed by atoms with Gasteiger partial charge in [-0.3, -0.25) is 9.88 Å². The summed E-state index contributed by atoms with van der Waals surface area (Å²) < 4.78 is 0. The molecule has 18 heavy (non-hydrogen) atoms. The predicted molar refractivity (Wildman–Crippen MR) is 75.6 cm³/mol. The molecule has 1 fully saturated rings. The smallest absolute Gasteiger partial charge is 0.0270 e. The average molecular weight is 247 g/mol. The van der Waals surface area contributed by atoms with Gasteiger partial charge in [0.1, 0.15) is 0 Å². The molecule has 3 heteroatoms. The first-order valence-electron chi connectivity index (χ1n) is 7.03. The van der Waals surface area contributed by atoms with E-state index in [1.54, 1.807) is 0 Å². The van der Waals surface area contributed by atoms with E-state index in [2.05, 4.69) is 48.1 Å². The highest BCUT2D eigenvalue weighted by Gasteiger charge is 2.27. The van der Waals surface area contributed by atoms with E-state index in [-0.39, 0.29) is 0 Å². The number of hydrogen-bond acceptors (Lipinski definition) is 3. The van der Waals surface area contributed by atoms with Crippen LogP contribution in [0.25, 0.3) is 0 Å². The summed E-state index contributed by atoms with van der Waals surface area (Å²) in [4.78, 5) is 6.72. The van der Waals surface area contributed by atoms with Crippen LogP contribution in [0.5, 0.6) is 0 Å². The van der Waals surface area contributed by atoms with Gasteiger partial charge in [0.05, 0.1) is 0 Å². The maximum atomic E-state index is 4.07. The third kappa shape index (κ3) is 3.53. The summed E-state index contributed by atoms with van der Waals surface area (Å²) in [6.45, 7) is 10.3. The molecule has 1 aliphatic rings. The third-order valence-corrected chi connectivity index (χ3v) is 3.86. The van der Waals surface area contributed by atoms with Gasteiger partial charge in [0, 0.05) is 44.1 Å². The molecule has 1 aliphatic heterocycles. The van der Waals surface area contributed by atoms with Crippen molar-refractivity contribution in [1.29, 1.82) is 0 Å². The molecule has 2 rings (SSSR count). The van der Waals surface area contributed by atoms with E-state index >= 15 is 0 Å². The number of hydrogen-bond donors (Lipinski definition) is 1. The van der Waals surface area contributed by atoms with E-state index in [0.717, 1.165) is 26.1 Å². The lowest BCUT2D eigenvalue weighted by Crippen LogP contribution is -2.57. The van der Waals surface area contributed by atoms with Gasteiger partial charge in [-0.25, -0.2) is 0 Å². The van der Waals surface area contributed by atoms with Crippen molar-refractivity contribution in [3.63, 3.8) is 0 Å². The van der Waals surface area contributed by atoms with Gasteiger partial charge in [-0.1, -0.05) is 13.8 Å². The van der Waals surface area contributed by atoms with Crippen molar-refractivity contribution in [3.8, 4) is 0 Å². The molecule has 0 amide bonds. The minimum atomic E-state index is 0.609. The van der Waals surface area contributed by atoms with Crippen molar-refractivity contribution in [1.82, 2.24) is 15.2 Å². The number of nitrogens with one attached hydrogen (secondary N) is 1. The summed E-state index contributed by atoms with van der Waals surface area (Å²) in [5.41, 5.74) is 1.39. The zero-order valence-corrected chi connectivity index (χ0v) is 11.8. The van der Waals surface area contributed by atoms with Crippen molar-refractivity contribution >= 4 is 0 Å². The molecule has 0 spiro atoms. The second-order valence-corrected chi connectivity index (χ2v) is 5.72. The monoisotopic (exact) mass is 247 g/mol. The number of piperazine rings is 1. The van der Waals surface area contributed by atoms with E-state index in [9.17, 15) is 0 Å². The topological polar surface area (TPSA) is 28.2 Å². The van der Waals surface area contributed by atoms with Crippen molar-refractivity contribution < 1.29 is 0 Å². The molecule has 0 aromatic carbocycles. The Kier molecular flexibility index (Phi) is 4.72. The highest BCUT2D eigenvalue weighted by atomic mass is 15.2. The number of pyridine rings is 1. The fraction of sp³-hybridized carbons (Fsp3) is 0.667. The molecule has 1 aromatic heterocycles. The summed E-state index contributed by atoms with van der Waals surface area (Å²) in [6, 6.07) is 5.52. The minimum Gasteiger partial charge on any atom is -0.311 e. The third-order valence-electron chi connectivity index (χ3n) is 3.86. The Bertz CT molecular complexity index is 350. The van der Waals surface area contributed by atoms with E-state index in [0.29, 0.717) is 18.0 Å². The highest BCUT2D eigenvalue weighted by Crippen LogP contribution is 2.15. The van der Waals surface area contributed by atoms with Crippen LogP contribution in [0.3, 0.4) is 0 Å². The van der Waals surface area contributed by atoms with Gasteiger partial charge in [0.15, 0.2) is 0 Å².